The number of hydrogen-bond acceptors (Lipinski definition) is 6. The average molecular weight is 338 g/mol. The van der Waals surface area contributed by atoms with Crippen molar-refractivity contribution in [3.63, 3.8) is 0 Å². The molecule has 0 bridgehead atoms. The Kier molecular flexibility index (Phi) is 5.12. The number of H-pyrrole nitrogens is 1. The molecule has 120 valence electrons. The maximum Gasteiger partial charge on any atom is 0.273 e. The number of nitrogens with two attached hydrogens (primary N) is 1. The summed E-state index contributed by atoms with van der Waals surface area (Å²) in [5.41, 5.74) is -0.138. The molecule has 0 saturated carbocycles. The topological polar surface area (TPSA) is 152 Å². The number of nitrogens with zero attached hydrogens (tertiary/aromatic N) is 1. The van der Waals surface area contributed by atoms with Gasteiger partial charge < -0.3 is 5.32 Å². The van der Waals surface area contributed by atoms with Crippen LogP contribution in [0.5, 0.6) is 0 Å². The first-order valence-corrected chi connectivity index (χ1v) is 9.61. The number of hydrogen-bond donors (Lipinski definition) is 3. The number of sulfonamides is 1. The van der Waals surface area contributed by atoms with Gasteiger partial charge in [0.1, 0.15) is 14.7 Å². The van der Waals surface area contributed by atoms with Crippen LogP contribution < -0.4 is 10.5 Å². The largest absolute Gasteiger partial charge is 0.350 e. The molecular formula is C10H18N4O5S2. The molecule has 1 aromatic heterocycles. The highest BCUT2D eigenvalue weighted by molar-refractivity contribution is 7.90. The number of primary sulfonamides is 1. The maximum atomic E-state index is 11.9. The Balaban J connectivity index is 3.06. The number of rotatable bonds is 6. The molecule has 0 saturated heterocycles. The van der Waals surface area contributed by atoms with Crippen LogP contribution in [0.4, 0.5) is 0 Å². The lowest BCUT2D eigenvalue weighted by molar-refractivity contribution is 0.0948. The van der Waals surface area contributed by atoms with E-state index in [1.165, 1.54) is 0 Å². The summed E-state index contributed by atoms with van der Waals surface area (Å²) in [6.07, 6.45) is 1.03. The maximum absolute atomic E-state index is 11.9. The molecule has 0 atom stereocenters. The number of aromatic amines is 1. The van der Waals surface area contributed by atoms with Gasteiger partial charge in [-0.15, -0.1) is 0 Å². The molecule has 0 radical (unpaired) electrons. The van der Waals surface area contributed by atoms with E-state index < -0.39 is 25.8 Å². The SMILES string of the molecule is CC(C)c1[nH]nc(C(=O)NCCS(C)(=O)=O)c1S(N)(=O)=O. The third kappa shape index (κ3) is 4.79. The first-order chi connectivity index (χ1) is 9.43. The normalized spacial score (nSPS) is 12.6. The smallest absolute Gasteiger partial charge is 0.273 e. The van der Waals surface area contributed by atoms with Crippen LogP contribution >= 0.6 is 0 Å². The summed E-state index contributed by atoms with van der Waals surface area (Å²) in [6, 6.07) is 0. The minimum Gasteiger partial charge on any atom is -0.350 e. The fourth-order valence-electron chi connectivity index (χ4n) is 1.61. The minimum absolute atomic E-state index is 0.147. The Morgan fingerprint density at radius 2 is 1.90 bits per heavy atom. The van der Waals surface area contributed by atoms with Gasteiger partial charge >= 0.3 is 0 Å². The van der Waals surface area contributed by atoms with Gasteiger partial charge in [0.15, 0.2) is 5.69 Å². The van der Waals surface area contributed by atoms with E-state index in [0.717, 1.165) is 6.26 Å². The molecule has 0 spiro atoms. The highest BCUT2D eigenvalue weighted by Gasteiger charge is 2.28. The number of sulfone groups is 1. The zero-order chi connectivity index (χ0) is 16.4. The van der Waals surface area contributed by atoms with Crippen molar-refractivity contribution < 1.29 is 21.6 Å². The lowest BCUT2D eigenvalue weighted by Gasteiger charge is -2.06. The Hall–Kier alpha value is -1.46. The van der Waals surface area contributed by atoms with Crippen molar-refractivity contribution in [2.75, 3.05) is 18.6 Å². The van der Waals surface area contributed by atoms with Gasteiger partial charge in [-0.3, -0.25) is 9.89 Å². The van der Waals surface area contributed by atoms with Crippen LogP contribution in [0.3, 0.4) is 0 Å². The minimum atomic E-state index is -4.14. The molecule has 0 aliphatic rings. The Bertz CT molecular complexity index is 733. The van der Waals surface area contributed by atoms with Crippen molar-refractivity contribution >= 4 is 25.8 Å². The van der Waals surface area contributed by atoms with E-state index >= 15 is 0 Å². The molecule has 0 aromatic carbocycles. The third-order valence-electron chi connectivity index (χ3n) is 2.58. The molecule has 0 aliphatic heterocycles. The summed E-state index contributed by atoms with van der Waals surface area (Å²) < 4.78 is 45.2. The molecule has 9 nitrogen and oxygen atoms in total. The second-order valence-electron chi connectivity index (χ2n) is 4.90. The molecule has 1 heterocycles. The number of carbonyl (C=O) groups excluding carboxylic acids is 1. The summed E-state index contributed by atoms with van der Waals surface area (Å²) in [6.45, 7) is 3.28. The van der Waals surface area contributed by atoms with Gasteiger partial charge in [0, 0.05) is 12.8 Å². The molecule has 4 N–H and O–H groups in total. The van der Waals surface area contributed by atoms with Crippen LogP contribution in [0.2, 0.25) is 0 Å². The number of amides is 1. The fraction of sp³-hybridized carbons (Fsp3) is 0.600. The van der Waals surface area contributed by atoms with Gasteiger partial charge in [-0.1, -0.05) is 13.8 Å². The van der Waals surface area contributed by atoms with Crippen LogP contribution in [0.25, 0.3) is 0 Å². The number of aromatic nitrogens is 2. The van der Waals surface area contributed by atoms with Gasteiger partial charge in [-0.05, 0) is 5.92 Å². The summed E-state index contributed by atoms with van der Waals surface area (Å²) in [5.74, 6) is -1.29. The van der Waals surface area contributed by atoms with E-state index in [2.05, 4.69) is 15.5 Å². The summed E-state index contributed by atoms with van der Waals surface area (Å²) in [5, 5.41) is 13.6. The first-order valence-electron chi connectivity index (χ1n) is 6.00. The molecule has 1 aromatic rings. The second-order valence-corrected chi connectivity index (χ2v) is 8.66. The van der Waals surface area contributed by atoms with Crippen molar-refractivity contribution in [2.24, 2.45) is 5.14 Å². The first kappa shape index (κ1) is 17.6. The van der Waals surface area contributed by atoms with E-state index in [0.29, 0.717) is 0 Å². The van der Waals surface area contributed by atoms with Gasteiger partial charge in [0.05, 0.1) is 11.4 Å². The standard InChI is InChI=1S/C10H18N4O5S2/c1-6(2)7-9(21(11,18)19)8(14-13-7)10(15)12-4-5-20(3,16)17/h6H,4-5H2,1-3H3,(H,12,15)(H,13,14)(H2,11,18,19). The van der Waals surface area contributed by atoms with Crippen LogP contribution in [-0.2, 0) is 19.9 Å². The molecule has 21 heavy (non-hydrogen) atoms. The van der Waals surface area contributed by atoms with Crippen LogP contribution in [0.15, 0.2) is 4.90 Å². The van der Waals surface area contributed by atoms with E-state index in [9.17, 15) is 21.6 Å². The number of carbonyl (C=O) groups is 1. The van der Waals surface area contributed by atoms with E-state index in [1.54, 1.807) is 13.8 Å². The Morgan fingerprint density at radius 1 is 1.33 bits per heavy atom. The molecule has 1 rings (SSSR count). The van der Waals surface area contributed by atoms with Crippen molar-refractivity contribution in [2.45, 2.75) is 24.7 Å². The van der Waals surface area contributed by atoms with Gasteiger partial charge in [0.2, 0.25) is 10.0 Å². The molecule has 0 unspecified atom stereocenters. The molecule has 0 fully saturated rings. The predicted octanol–water partition coefficient (Wildman–Crippen LogP) is -1.05. The van der Waals surface area contributed by atoms with Crippen molar-refractivity contribution in [1.29, 1.82) is 0 Å². The Labute approximate surface area is 123 Å². The molecule has 11 heteroatoms. The van der Waals surface area contributed by atoms with Gasteiger partial charge in [0.25, 0.3) is 5.91 Å². The highest BCUT2D eigenvalue weighted by atomic mass is 32.2. The quantitative estimate of drug-likeness (QED) is 0.602. The van der Waals surface area contributed by atoms with Gasteiger partial charge in [-0.2, -0.15) is 5.10 Å². The second kappa shape index (κ2) is 6.12. The molecule has 0 aliphatic carbocycles. The fourth-order valence-corrected chi connectivity index (χ4v) is 3.08. The van der Waals surface area contributed by atoms with Crippen molar-refractivity contribution in [3.05, 3.63) is 11.4 Å². The summed E-state index contributed by atoms with van der Waals surface area (Å²) >= 11 is 0. The summed E-state index contributed by atoms with van der Waals surface area (Å²) in [4.78, 5) is 11.6. The number of nitrogens with one attached hydrogen (secondary N) is 2. The Morgan fingerprint density at radius 3 is 2.33 bits per heavy atom. The zero-order valence-electron chi connectivity index (χ0n) is 11.9. The van der Waals surface area contributed by atoms with Crippen LogP contribution in [0.1, 0.15) is 35.9 Å². The van der Waals surface area contributed by atoms with Crippen LogP contribution in [0, 0.1) is 0 Å². The van der Waals surface area contributed by atoms with Crippen LogP contribution in [-0.4, -0.2) is 51.5 Å². The van der Waals surface area contributed by atoms with E-state index in [1.807, 2.05) is 0 Å². The van der Waals surface area contributed by atoms with Gasteiger partial charge in [-0.25, -0.2) is 22.0 Å². The molecular weight excluding hydrogens is 320 g/mol. The zero-order valence-corrected chi connectivity index (χ0v) is 13.5. The average Bonchev–Trinajstić information content (AvgIpc) is 2.70. The summed E-state index contributed by atoms with van der Waals surface area (Å²) in [7, 11) is -7.37. The lowest BCUT2D eigenvalue weighted by Crippen LogP contribution is -2.30. The van der Waals surface area contributed by atoms with Crippen molar-refractivity contribution in [1.82, 2.24) is 15.5 Å². The highest BCUT2D eigenvalue weighted by Crippen LogP contribution is 2.23. The third-order valence-corrected chi connectivity index (χ3v) is 4.51. The monoisotopic (exact) mass is 338 g/mol. The molecule has 1 amide bonds. The van der Waals surface area contributed by atoms with E-state index in [-0.39, 0.29) is 34.5 Å². The van der Waals surface area contributed by atoms with Crippen molar-refractivity contribution in [3.8, 4) is 0 Å². The van der Waals surface area contributed by atoms with E-state index in [4.69, 9.17) is 5.14 Å². The predicted molar refractivity (Wildman–Crippen MR) is 76.1 cm³/mol. The lowest BCUT2D eigenvalue weighted by atomic mass is 10.1.